The lowest BCUT2D eigenvalue weighted by molar-refractivity contribution is 0.132. The minimum Gasteiger partial charge on any atom is -0.381 e. The molecule has 0 aliphatic heterocycles. The van der Waals surface area contributed by atoms with E-state index in [9.17, 15) is 0 Å². The monoisotopic (exact) mass is 199 g/mol. The van der Waals surface area contributed by atoms with Gasteiger partial charge in [-0.2, -0.15) is 0 Å². The van der Waals surface area contributed by atoms with Gasteiger partial charge in [0, 0.05) is 19.3 Å². The van der Waals surface area contributed by atoms with E-state index in [2.05, 4.69) is 12.1 Å². The molecular weight excluding hydrogens is 178 g/mol. The molecule has 0 aliphatic carbocycles. The second-order valence-electron chi connectivity index (χ2n) is 2.71. The van der Waals surface area contributed by atoms with Crippen LogP contribution in [0.1, 0.15) is 39.3 Å². The molecule has 0 aliphatic rings. The zero-order valence-corrected chi connectivity index (χ0v) is 9.45. The summed E-state index contributed by atoms with van der Waals surface area (Å²) in [5.41, 5.74) is 1.01. The van der Waals surface area contributed by atoms with E-state index in [4.69, 9.17) is 9.26 Å². The number of hydrogen-bond donors (Lipinski definition) is 0. The van der Waals surface area contributed by atoms with E-state index in [1.807, 2.05) is 19.9 Å². The van der Waals surface area contributed by atoms with Crippen LogP contribution in [0, 0.1) is 0 Å². The molecular formula is C11H21NO2. The molecule has 1 aromatic heterocycles. The second kappa shape index (κ2) is 10.3. The molecule has 0 atom stereocenters. The van der Waals surface area contributed by atoms with Gasteiger partial charge in [0.2, 0.25) is 0 Å². The first-order valence-electron chi connectivity index (χ1n) is 5.40. The molecule has 0 fully saturated rings. The summed E-state index contributed by atoms with van der Waals surface area (Å²) < 4.78 is 10.0. The van der Waals surface area contributed by atoms with Crippen LogP contribution in [0.3, 0.4) is 0 Å². The summed E-state index contributed by atoms with van der Waals surface area (Å²) >= 11 is 0. The third-order valence-corrected chi connectivity index (χ3v) is 1.56. The van der Waals surface area contributed by atoms with Gasteiger partial charge in [0.15, 0.2) is 0 Å². The highest BCUT2D eigenvalue weighted by Gasteiger charge is 1.95. The molecule has 1 rings (SSSR count). The van der Waals surface area contributed by atoms with Crippen molar-refractivity contribution in [2.24, 2.45) is 0 Å². The normalized spacial score (nSPS) is 9.36. The van der Waals surface area contributed by atoms with Crippen molar-refractivity contribution in [2.75, 3.05) is 13.2 Å². The summed E-state index contributed by atoms with van der Waals surface area (Å²) in [5.74, 6) is 0. The topological polar surface area (TPSA) is 35.3 Å². The highest BCUT2D eigenvalue weighted by molar-refractivity contribution is 4.94. The number of rotatable bonds is 6. The highest BCUT2D eigenvalue weighted by atomic mass is 16.5. The predicted molar refractivity (Wildman–Crippen MR) is 57.3 cm³/mol. The van der Waals surface area contributed by atoms with Crippen molar-refractivity contribution in [2.45, 2.75) is 40.0 Å². The quantitative estimate of drug-likeness (QED) is 0.660. The van der Waals surface area contributed by atoms with Crippen molar-refractivity contribution in [3.8, 4) is 0 Å². The molecule has 0 saturated heterocycles. The average Bonchev–Trinajstić information content (AvgIpc) is 2.74. The van der Waals surface area contributed by atoms with Crippen LogP contribution in [0.15, 0.2) is 16.9 Å². The maximum absolute atomic E-state index is 5.32. The van der Waals surface area contributed by atoms with E-state index in [1.54, 1.807) is 6.26 Å². The number of aryl methyl sites for hydroxylation is 1. The van der Waals surface area contributed by atoms with Gasteiger partial charge in [-0.3, -0.25) is 0 Å². The molecule has 3 heteroatoms. The molecule has 0 unspecified atom stereocenters. The Kier molecular flexibility index (Phi) is 9.64. The second-order valence-corrected chi connectivity index (χ2v) is 2.71. The van der Waals surface area contributed by atoms with Gasteiger partial charge in [0.1, 0.15) is 6.26 Å². The molecule has 0 saturated carbocycles. The number of hydrogen-bond acceptors (Lipinski definition) is 3. The van der Waals surface area contributed by atoms with E-state index in [1.165, 1.54) is 0 Å². The van der Waals surface area contributed by atoms with E-state index >= 15 is 0 Å². The van der Waals surface area contributed by atoms with Crippen molar-refractivity contribution < 1.29 is 9.26 Å². The Balaban J connectivity index is 0.000000791. The van der Waals surface area contributed by atoms with Crippen molar-refractivity contribution in [1.82, 2.24) is 5.16 Å². The fourth-order valence-corrected chi connectivity index (χ4v) is 0.968. The largest absolute Gasteiger partial charge is 0.381 e. The SMILES string of the molecule is CC.CCCOCCCc1ccon1. The van der Waals surface area contributed by atoms with Crippen LogP contribution < -0.4 is 0 Å². The lowest BCUT2D eigenvalue weighted by Crippen LogP contribution is -1.97. The molecule has 0 spiro atoms. The molecule has 82 valence electrons. The van der Waals surface area contributed by atoms with Crippen molar-refractivity contribution in [3.63, 3.8) is 0 Å². The molecule has 14 heavy (non-hydrogen) atoms. The van der Waals surface area contributed by atoms with Gasteiger partial charge in [0.25, 0.3) is 0 Å². The Hall–Kier alpha value is -0.830. The summed E-state index contributed by atoms with van der Waals surface area (Å²) in [4.78, 5) is 0. The first kappa shape index (κ1) is 13.2. The van der Waals surface area contributed by atoms with Crippen LogP contribution in [0.5, 0.6) is 0 Å². The molecule has 0 N–H and O–H groups in total. The van der Waals surface area contributed by atoms with Gasteiger partial charge in [-0.1, -0.05) is 25.9 Å². The summed E-state index contributed by atoms with van der Waals surface area (Å²) in [6, 6.07) is 1.89. The van der Waals surface area contributed by atoms with Gasteiger partial charge in [-0.15, -0.1) is 0 Å². The first-order chi connectivity index (χ1) is 6.93. The number of aromatic nitrogens is 1. The Morgan fingerprint density at radius 3 is 2.71 bits per heavy atom. The van der Waals surface area contributed by atoms with Gasteiger partial charge in [-0.25, -0.2) is 0 Å². The third kappa shape index (κ3) is 6.66. The Bertz CT molecular complexity index is 185. The van der Waals surface area contributed by atoms with Gasteiger partial charge >= 0.3 is 0 Å². The smallest absolute Gasteiger partial charge is 0.124 e. The number of ether oxygens (including phenoxy) is 1. The molecule has 1 heterocycles. The third-order valence-electron chi connectivity index (χ3n) is 1.56. The van der Waals surface area contributed by atoms with Crippen molar-refractivity contribution in [1.29, 1.82) is 0 Å². The highest BCUT2D eigenvalue weighted by Crippen LogP contribution is 1.99. The van der Waals surface area contributed by atoms with Gasteiger partial charge in [0.05, 0.1) is 5.69 Å². The van der Waals surface area contributed by atoms with Crippen LogP contribution >= 0.6 is 0 Å². The molecule has 0 aromatic carbocycles. The molecule has 1 aromatic rings. The van der Waals surface area contributed by atoms with Crippen LogP contribution in [-0.4, -0.2) is 18.4 Å². The lowest BCUT2D eigenvalue weighted by Gasteiger charge is -1.99. The molecule has 0 amide bonds. The van der Waals surface area contributed by atoms with E-state index in [-0.39, 0.29) is 0 Å². The first-order valence-corrected chi connectivity index (χ1v) is 5.40. The summed E-state index contributed by atoms with van der Waals surface area (Å²) in [6.45, 7) is 7.79. The fourth-order valence-electron chi connectivity index (χ4n) is 0.968. The van der Waals surface area contributed by atoms with Crippen molar-refractivity contribution in [3.05, 3.63) is 18.0 Å². The molecule has 0 radical (unpaired) electrons. The Morgan fingerprint density at radius 1 is 1.36 bits per heavy atom. The summed E-state index contributed by atoms with van der Waals surface area (Å²) in [7, 11) is 0. The summed E-state index contributed by atoms with van der Waals surface area (Å²) in [5, 5.41) is 3.80. The van der Waals surface area contributed by atoms with Crippen LogP contribution in [0.2, 0.25) is 0 Å². The van der Waals surface area contributed by atoms with E-state index in [0.717, 1.165) is 38.2 Å². The van der Waals surface area contributed by atoms with Crippen LogP contribution in [-0.2, 0) is 11.2 Å². The van der Waals surface area contributed by atoms with E-state index < -0.39 is 0 Å². The van der Waals surface area contributed by atoms with E-state index in [0.29, 0.717) is 0 Å². The predicted octanol–water partition coefficient (Wildman–Crippen LogP) is 3.06. The zero-order chi connectivity index (χ0) is 10.6. The number of nitrogens with zero attached hydrogens (tertiary/aromatic N) is 1. The maximum atomic E-state index is 5.32. The fraction of sp³-hybridized carbons (Fsp3) is 0.727. The lowest BCUT2D eigenvalue weighted by atomic mass is 10.2. The minimum atomic E-state index is 0.820. The Labute approximate surface area is 86.4 Å². The standard InChI is InChI=1S/C9H15NO2.C2H6/c1-2-6-11-7-3-4-9-5-8-12-10-9;1-2/h5,8H,2-4,6-7H2,1H3;1-2H3. The van der Waals surface area contributed by atoms with Crippen LogP contribution in [0.4, 0.5) is 0 Å². The molecule has 0 bridgehead atoms. The van der Waals surface area contributed by atoms with Crippen LogP contribution in [0.25, 0.3) is 0 Å². The zero-order valence-electron chi connectivity index (χ0n) is 9.45. The minimum absolute atomic E-state index is 0.820. The molecule has 3 nitrogen and oxygen atoms in total. The van der Waals surface area contributed by atoms with Crippen molar-refractivity contribution >= 4 is 0 Å². The maximum Gasteiger partial charge on any atom is 0.124 e. The Morgan fingerprint density at radius 2 is 2.14 bits per heavy atom. The average molecular weight is 199 g/mol. The van der Waals surface area contributed by atoms with Gasteiger partial charge < -0.3 is 9.26 Å². The van der Waals surface area contributed by atoms with Gasteiger partial charge in [-0.05, 0) is 19.3 Å². The summed E-state index contributed by atoms with van der Waals surface area (Å²) in [6.07, 6.45) is 4.65.